The van der Waals surface area contributed by atoms with Gasteiger partial charge < -0.3 is 9.84 Å². The molecule has 0 radical (unpaired) electrons. The van der Waals surface area contributed by atoms with Gasteiger partial charge in [-0.1, -0.05) is 11.3 Å². The molecule has 72 valence electrons. The van der Waals surface area contributed by atoms with E-state index < -0.39 is 23.2 Å². The van der Waals surface area contributed by atoms with Crippen molar-refractivity contribution in [3.05, 3.63) is 11.1 Å². The minimum atomic E-state index is -4.57. The number of nitrogens with zero attached hydrogens (tertiary/aromatic N) is 1. The predicted molar refractivity (Wildman–Crippen MR) is 35.8 cm³/mol. The van der Waals surface area contributed by atoms with Gasteiger partial charge in [-0.15, -0.1) is 0 Å². The summed E-state index contributed by atoms with van der Waals surface area (Å²) in [6.07, 6.45) is -6.26. The lowest BCUT2D eigenvalue weighted by molar-refractivity contribution is -0.140. The average molecular weight is 213 g/mol. The summed E-state index contributed by atoms with van der Waals surface area (Å²) in [6, 6.07) is 0. The number of hydrogen-bond donors (Lipinski definition) is 1. The van der Waals surface area contributed by atoms with Crippen molar-refractivity contribution in [2.75, 3.05) is 0 Å². The van der Waals surface area contributed by atoms with Crippen LogP contribution in [0.4, 0.5) is 18.0 Å². The Hall–Kier alpha value is -1.31. The van der Waals surface area contributed by atoms with Crippen LogP contribution in [0.1, 0.15) is 5.69 Å². The predicted octanol–water partition coefficient (Wildman–Crippen LogP) is 2.22. The molecule has 0 aliphatic rings. The van der Waals surface area contributed by atoms with Crippen LogP contribution in [0.2, 0.25) is 0 Å². The lowest BCUT2D eigenvalue weighted by Crippen LogP contribution is -2.06. The zero-order chi connectivity index (χ0) is 10.1. The summed E-state index contributed by atoms with van der Waals surface area (Å²) in [5, 5.41) is 8.18. The molecule has 0 spiro atoms. The van der Waals surface area contributed by atoms with Crippen LogP contribution >= 0.6 is 11.3 Å². The first kappa shape index (κ1) is 9.78. The van der Waals surface area contributed by atoms with Crippen molar-refractivity contribution in [1.29, 1.82) is 0 Å². The van der Waals surface area contributed by atoms with E-state index in [1.54, 1.807) is 0 Å². The van der Waals surface area contributed by atoms with Gasteiger partial charge in [0.15, 0.2) is 5.69 Å². The molecule has 4 nitrogen and oxygen atoms in total. The number of ether oxygens (including phenoxy) is 1. The Morgan fingerprint density at radius 3 is 2.62 bits per heavy atom. The van der Waals surface area contributed by atoms with Gasteiger partial charge in [0.2, 0.25) is 0 Å². The molecule has 0 aromatic carbocycles. The van der Waals surface area contributed by atoms with Gasteiger partial charge in [0.05, 0.1) is 0 Å². The topological polar surface area (TPSA) is 59.4 Å². The van der Waals surface area contributed by atoms with Crippen LogP contribution in [0.15, 0.2) is 5.38 Å². The highest BCUT2D eigenvalue weighted by molar-refractivity contribution is 7.11. The molecule has 0 amide bonds. The second-order valence-corrected chi connectivity index (χ2v) is 2.69. The highest BCUT2D eigenvalue weighted by Gasteiger charge is 2.34. The van der Waals surface area contributed by atoms with Crippen LogP contribution in [0, 0.1) is 0 Å². The number of carboxylic acid groups (broad SMARTS) is 1. The molecule has 0 aliphatic carbocycles. The van der Waals surface area contributed by atoms with E-state index in [2.05, 4.69) is 9.72 Å². The Balaban J connectivity index is 2.81. The number of hydrogen-bond acceptors (Lipinski definition) is 4. The lowest BCUT2D eigenvalue weighted by Gasteiger charge is -1.99. The van der Waals surface area contributed by atoms with Crippen molar-refractivity contribution in [2.24, 2.45) is 0 Å². The zero-order valence-electron chi connectivity index (χ0n) is 5.83. The minimum absolute atomic E-state index is 0.471. The van der Waals surface area contributed by atoms with Crippen molar-refractivity contribution < 1.29 is 27.8 Å². The van der Waals surface area contributed by atoms with Gasteiger partial charge in [-0.25, -0.2) is 4.79 Å². The van der Waals surface area contributed by atoms with Crippen molar-refractivity contribution in [3.63, 3.8) is 0 Å². The summed E-state index contributed by atoms with van der Waals surface area (Å²) in [7, 11) is 0. The van der Waals surface area contributed by atoms with E-state index in [0.29, 0.717) is 16.7 Å². The molecule has 0 saturated carbocycles. The molecule has 1 rings (SSSR count). The molecule has 0 unspecified atom stereocenters. The smallest absolute Gasteiger partial charge is 0.449 e. The number of rotatable bonds is 1. The molecule has 0 atom stereocenters. The quantitative estimate of drug-likeness (QED) is 0.726. The van der Waals surface area contributed by atoms with Gasteiger partial charge >= 0.3 is 12.3 Å². The molecular formula is C5H2F3NO3S. The first-order valence-electron chi connectivity index (χ1n) is 2.83. The third kappa shape index (κ3) is 2.58. The summed E-state index contributed by atoms with van der Waals surface area (Å²) in [6.45, 7) is 0. The van der Waals surface area contributed by atoms with E-state index in [-0.39, 0.29) is 0 Å². The van der Waals surface area contributed by atoms with Crippen LogP contribution in [0.3, 0.4) is 0 Å². The molecule has 1 heterocycles. The Morgan fingerprint density at radius 2 is 2.23 bits per heavy atom. The van der Waals surface area contributed by atoms with Gasteiger partial charge in [0.25, 0.3) is 5.19 Å². The van der Waals surface area contributed by atoms with Crippen molar-refractivity contribution in [1.82, 2.24) is 4.98 Å². The number of aromatic nitrogens is 1. The Bertz CT molecular complexity index is 321. The van der Waals surface area contributed by atoms with E-state index in [9.17, 15) is 18.0 Å². The van der Waals surface area contributed by atoms with Gasteiger partial charge in [-0.3, -0.25) is 0 Å². The summed E-state index contributed by atoms with van der Waals surface area (Å²) in [5.74, 6) is 0. The van der Waals surface area contributed by atoms with E-state index >= 15 is 0 Å². The van der Waals surface area contributed by atoms with Crippen LogP contribution in [-0.4, -0.2) is 16.2 Å². The van der Waals surface area contributed by atoms with Gasteiger partial charge in [-0.05, 0) is 0 Å². The van der Waals surface area contributed by atoms with Crippen molar-refractivity contribution in [2.45, 2.75) is 6.18 Å². The third-order valence-corrected chi connectivity index (χ3v) is 1.67. The number of thiazole rings is 1. The maximum absolute atomic E-state index is 11.9. The Labute approximate surface area is 73.6 Å². The number of halogens is 3. The summed E-state index contributed by atoms with van der Waals surface area (Å²) in [4.78, 5) is 12.8. The van der Waals surface area contributed by atoms with Gasteiger partial charge in [0, 0.05) is 5.38 Å². The van der Waals surface area contributed by atoms with E-state index in [0.717, 1.165) is 0 Å². The fraction of sp³-hybridized carbons (Fsp3) is 0.200. The normalized spacial score (nSPS) is 11.3. The molecule has 1 aromatic heterocycles. The number of alkyl halides is 3. The first-order chi connectivity index (χ1) is 5.89. The molecule has 0 saturated heterocycles. The Kier molecular flexibility index (Phi) is 2.41. The number of carbonyl (C=O) groups is 1. The second kappa shape index (κ2) is 3.21. The fourth-order valence-corrected chi connectivity index (χ4v) is 1.18. The maximum Gasteiger partial charge on any atom is 0.513 e. The maximum atomic E-state index is 11.9. The molecule has 8 heteroatoms. The largest absolute Gasteiger partial charge is 0.513 e. The summed E-state index contributed by atoms with van der Waals surface area (Å²) in [5.41, 5.74) is -1.16. The molecular weight excluding hydrogens is 211 g/mol. The zero-order valence-corrected chi connectivity index (χ0v) is 6.65. The van der Waals surface area contributed by atoms with Gasteiger partial charge in [0.1, 0.15) is 0 Å². The molecule has 0 aliphatic heterocycles. The summed E-state index contributed by atoms with van der Waals surface area (Å²) >= 11 is 0.471. The summed E-state index contributed by atoms with van der Waals surface area (Å²) < 4.78 is 39.6. The Morgan fingerprint density at radius 1 is 1.62 bits per heavy atom. The van der Waals surface area contributed by atoms with Crippen LogP contribution in [0.5, 0.6) is 5.19 Å². The monoisotopic (exact) mass is 213 g/mol. The molecule has 1 aromatic rings. The third-order valence-electron chi connectivity index (χ3n) is 0.948. The van der Waals surface area contributed by atoms with Crippen molar-refractivity contribution >= 4 is 17.5 Å². The highest BCUT2D eigenvalue weighted by Crippen LogP contribution is 2.32. The SMILES string of the molecule is O=C(O)Oc1nc(C(F)(F)F)cs1. The lowest BCUT2D eigenvalue weighted by atomic mass is 10.5. The average Bonchev–Trinajstić information content (AvgIpc) is 2.32. The first-order valence-corrected chi connectivity index (χ1v) is 3.71. The van der Waals surface area contributed by atoms with E-state index in [4.69, 9.17) is 5.11 Å². The second-order valence-electron chi connectivity index (χ2n) is 1.86. The van der Waals surface area contributed by atoms with E-state index in [1.165, 1.54) is 0 Å². The molecule has 13 heavy (non-hydrogen) atoms. The molecule has 0 bridgehead atoms. The van der Waals surface area contributed by atoms with Crippen LogP contribution < -0.4 is 4.74 Å². The van der Waals surface area contributed by atoms with Crippen LogP contribution in [0.25, 0.3) is 0 Å². The van der Waals surface area contributed by atoms with Gasteiger partial charge in [-0.2, -0.15) is 18.2 Å². The fourth-order valence-electron chi connectivity index (χ4n) is 0.509. The van der Waals surface area contributed by atoms with Crippen molar-refractivity contribution in [3.8, 4) is 5.19 Å². The minimum Gasteiger partial charge on any atom is -0.449 e. The highest BCUT2D eigenvalue weighted by atomic mass is 32.1. The van der Waals surface area contributed by atoms with E-state index in [1.807, 2.05) is 0 Å². The molecule has 1 N–H and O–H groups in total. The standard InChI is InChI=1S/C5H2F3NO3S/c6-5(7,8)2-1-13-3(9-2)12-4(10)11/h1H,(H,10,11). The van der Waals surface area contributed by atoms with Crippen LogP contribution in [-0.2, 0) is 6.18 Å². The molecule has 0 fully saturated rings.